The molecule has 5 heterocycles. The lowest BCUT2D eigenvalue weighted by Gasteiger charge is -2.49. The van der Waals surface area contributed by atoms with Crippen molar-refractivity contribution >= 4 is 58.1 Å². The van der Waals surface area contributed by atoms with Crippen LogP contribution in [0.3, 0.4) is 0 Å². The maximum Gasteiger partial charge on any atom is 0.355 e. The second-order valence-electron chi connectivity index (χ2n) is 12.0. The Morgan fingerprint density at radius 2 is 2.04 bits per heavy atom. The third kappa shape index (κ3) is 7.44. The van der Waals surface area contributed by atoms with Gasteiger partial charge >= 0.3 is 11.9 Å². The first-order chi connectivity index (χ1) is 23.0. The standard InChI is InChI=1S/C30H38N8O8S2/c1-4-5-17(28(42)45-12-15(2)3)13-46-29(43)22-18(10-16-7-9-37(25(16)40)19-6-8-32-11-19)14-47-27-21(26(41)38(22)27)33-24(39)20(35-44)23-34-30(31)48-36-23/h5,10,15,19-21,27,32H,4,6-9,11-14H2,1-3H3,(H,33,39)(H2,31,34,36)/t19-,20?,21-,27-/m1/s1. The number of likely N-dealkylation sites (tertiary alicyclic amines) is 1. The van der Waals surface area contributed by atoms with Gasteiger partial charge in [-0.1, -0.05) is 26.8 Å². The van der Waals surface area contributed by atoms with Crippen molar-refractivity contribution in [3.05, 3.63) is 45.3 Å². The van der Waals surface area contributed by atoms with Crippen molar-refractivity contribution in [1.29, 1.82) is 0 Å². The second kappa shape index (κ2) is 15.4. The fourth-order valence-electron chi connectivity index (χ4n) is 5.77. The van der Waals surface area contributed by atoms with Crippen LogP contribution in [0.4, 0.5) is 5.13 Å². The molecule has 0 aliphatic carbocycles. The normalized spacial score (nSPS) is 24.1. The van der Waals surface area contributed by atoms with Gasteiger partial charge in [0.2, 0.25) is 11.9 Å². The summed E-state index contributed by atoms with van der Waals surface area (Å²) in [6.07, 6.45) is 5.07. The molecule has 18 heteroatoms. The molecule has 0 saturated carbocycles. The molecule has 3 amide bonds. The number of rotatable bonds is 13. The van der Waals surface area contributed by atoms with Crippen LogP contribution < -0.4 is 16.4 Å². The van der Waals surface area contributed by atoms with Crippen molar-refractivity contribution in [2.75, 3.05) is 44.3 Å². The van der Waals surface area contributed by atoms with Gasteiger partial charge in [0.05, 0.1) is 12.2 Å². The van der Waals surface area contributed by atoms with Crippen molar-refractivity contribution in [2.45, 2.75) is 63.5 Å². The van der Waals surface area contributed by atoms with Crippen LogP contribution in [0.2, 0.25) is 0 Å². The van der Waals surface area contributed by atoms with E-state index in [0.717, 1.165) is 24.5 Å². The van der Waals surface area contributed by atoms with Crippen molar-refractivity contribution in [1.82, 2.24) is 29.8 Å². The molecule has 0 spiro atoms. The number of hydrogen-bond acceptors (Lipinski definition) is 15. The maximum absolute atomic E-state index is 13.8. The number of ether oxygens (including phenoxy) is 2. The molecule has 1 unspecified atom stereocenters. The summed E-state index contributed by atoms with van der Waals surface area (Å²) >= 11 is 2.07. The molecule has 4 aliphatic rings. The molecule has 0 aromatic carbocycles. The minimum atomic E-state index is -1.63. The van der Waals surface area contributed by atoms with Gasteiger partial charge in [-0.2, -0.15) is 4.37 Å². The van der Waals surface area contributed by atoms with Crippen LogP contribution in [-0.2, 0) is 33.4 Å². The van der Waals surface area contributed by atoms with Crippen molar-refractivity contribution in [3.8, 4) is 0 Å². The maximum atomic E-state index is 13.8. The molecule has 4 aliphatic heterocycles. The Kier molecular flexibility index (Phi) is 11.3. The molecular weight excluding hydrogens is 665 g/mol. The molecule has 3 fully saturated rings. The smallest absolute Gasteiger partial charge is 0.355 e. The van der Waals surface area contributed by atoms with Crippen LogP contribution in [0.15, 0.2) is 39.7 Å². The number of nitrogens with two attached hydrogens (primary N) is 1. The first kappa shape index (κ1) is 35.2. The number of aromatic nitrogens is 2. The zero-order valence-electron chi connectivity index (χ0n) is 26.8. The van der Waals surface area contributed by atoms with E-state index in [9.17, 15) is 28.9 Å². The number of carbonyl (C=O) groups is 5. The Bertz CT molecular complexity index is 1570. The van der Waals surface area contributed by atoms with Crippen molar-refractivity contribution in [3.63, 3.8) is 0 Å². The van der Waals surface area contributed by atoms with Gasteiger partial charge in [-0.15, -0.1) is 16.7 Å². The number of amides is 3. The predicted molar refractivity (Wildman–Crippen MR) is 176 cm³/mol. The number of esters is 2. The van der Waals surface area contributed by atoms with E-state index >= 15 is 0 Å². The van der Waals surface area contributed by atoms with Crippen LogP contribution in [0.1, 0.15) is 51.9 Å². The van der Waals surface area contributed by atoms with Crippen molar-refractivity contribution < 1.29 is 33.4 Å². The minimum Gasteiger partial charge on any atom is -0.462 e. The number of nitroso groups, excluding NO2 is 1. The summed E-state index contributed by atoms with van der Waals surface area (Å²) in [5.74, 6) is -3.00. The third-order valence-electron chi connectivity index (χ3n) is 8.15. The first-order valence-corrected chi connectivity index (χ1v) is 17.5. The van der Waals surface area contributed by atoms with Crippen LogP contribution in [0.25, 0.3) is 0 Å². The zero-order valence-corrected chi connectivity index (χ0v) is 28.4. The molecule has 3 saturated heterocycles. The van der Waals surface area contributed by atoms with E-state index in [4.69, 9.17) is 15.2 Å². The van der Waals surface area contributed by atoms with Gasteiger partial charge in [0.15, 0.2) is 11.0 Å². The van der Waals surface area contributed by atoms with Gasteiger partial charge in [0.25, 0.3) is 11.8 Å². The first-order valence-electron chi connectivity index (χ1n) is 15.7. The molecule has 16 nitrogen and oxygen atoms in total. The number of nitrogens with zero attached hydrogens (tertiary/aromatic N) is 5. The SMILES string of the molecule is CCC=C(COC(=O)C1=C(C=C2CCN([C@@H]3CCNC3)C2=O)CS[C@@H]2[C@H](NC(=O)C(N=O)c3nsc(N)n3)C(=O)N12)C(=O)OCC(C)C. The van der Waals surface area contributed by atoms with Gasteiger partial charge in [-0.05, 0) is 48.6 Å². The number of nitrogens with one attached hydrogen (secondary N) is 2. The number of β-lactam (4-membered cyclic amide) rings is 1. The number of thioether (sulfide) groups is 1. The average molecular weight is 703 g/mol. The fraction of sp³-hybridized carbons (Fsp3) is 0.567. The largest absolute Gasteiger partial charge is 0.462 e. The van der Waals surface area contributed by atoms with Crippen molar-refractivity contribution in [2.24, 2.45) is 11.1 Å². The van der Waals surface area contributed by atoms with Gasteiger partial charge in [-0.3, -0.25) is 19.3 Å². The lowest BCUT2D eigenvalue weighted by molar-refractivity contribution is -0.153. The van der Waals surface area contributed by atoms with E-state index in [1.807, 2.05) is 25.7 Å². The number of fused-ring (bicyclic) bond motifs is 1. The molecule has 0 radical (unpaired) electrons. The number of carbonyl (C=O) groups excluding carboxylic acids is 5. The molecule has 48 heavy (non-hydrogen) atoms. The molecule has 258 valence electrons. The van der Waals surface area contributed by atoms with E-state index in [0.29, 0.717) is 37.1 Å². The third-order valence-corrected chi connectivity index (χ3v) is 10.0. The highest BCUT2D eigenvalue weighted by molar-refractivity contribution is 8.00. The lowest BCUT2D eigenvalue weighted by atomic mass is 10.0. The molecule has 5 rings (SSSR count). The van der Waals surface area contributed by atoms with E-state index in [2.05, 4.69) is 25.2 Å². The highest BCUT2D eigenvalue weighted by Crippen LogP contribution is 2.42. The quantitative estimate of drug-likeness (QED) is 0.114. The van der Waals surface area contributed by atoms with Crippen LogP contribution in [0.5, 0.6) is 0 Å². The van der Waals surface area contributed by atoms with E-state index < -0.39 is 47.8 Å². The Hall–Kier alpha value is -4.16. The van der Waals surface area contributed by atoms with Crippen LogP contribution in [-0.4, -0.2) is 105 Å². The summed E-state index contributed by atoms with van der Waals surface area (Å²) in [5, 5.41) is 7.94. The van der Waals surface area contributed by atoms with Crippen LogP contribution in [0, 0.1) is 10.8 Å². The Balaban J connectivity index is 1.38. The highest BCUT2D eigenvalue weighted by Gasteiger charge is 2.55. The topological polar surface area (TPSA) is 216 Å². The minimum absolute atomic E-state index is 0.0454. The molecular formula is C30H38N8O8S2. The monoisotopic (exact) mass is 702 g/mol. The van der Waals surface area contributed by atoms with Gasteiger partial charge in [0, 0.05) is 42.0 Å². The van der Waals surface area contributed by atoms with Gasteiger partial charge in [0.1, 0.15) is 23.7 Å². The Labute approximate surface area is 285 Å². The molecule has 4 atom stereocenters. The highest BCUT2D eigenvalue weighted by atomic mass is 32.2. The van der Waals surface area contributed by atoms with E-state index in [1.54, 1.807) is 12.2 Å². The number of nitrogen functional groups attached to an aromatic ring is 1. The van der Waals surface area contributed by atoms with Crippen LogP contribution >= 0.6 is 23.3 Å². The molecule has 1 aromatic rings. The summed E-state index contributed by atoms with van der Waals surface area (Å²) in [6.45, 7) is 7.52. The predicted octanol–water partition coefficient (Wildman–Crippen LogP) is 1.18. The van der Waals surface area contributed by atoms with E-state index in [1.165, 1.54) is 16.7 Å². The summed E-state index contributed by atoms with van der Waals surface area (Å²) in [6, 6.07) is -2.63. The number of anilines is 1. The Morgan fingerprint density at radius 3 is 2.69 bits per heavy atom. The summed E-state index contributed by atoms with van der Waals surface area (Å²) in [7, 11) is 0. The molecule has 0 bridgehead atoms. The van der Waals surface area contributed by atoms with Gasteiger partial charge < -0.3 is 30.7 Å². The number of allylic oxidation sites excluding steroid dienone is 2. The Morgan fingerprint density at radius 1 is 1.25 bits per heavy atom. The molecule has 4 N–H and O–H groups in total. The van der Waals surface area contributed by atoms with Gasteiger partial charge in [-0.25, -0.2) is 14.6 Å². The second-order valence-corrected chi connectivity index (χ2v) is 13.9. The lowest BCUT2D eigenvalue weighted by Crippen LogP contribution is -2.70. The summed E-state index contributed by atoms with van der Waals surface area (Å²) in [5.41, 5.74) is 6.58. The van der Waals surface area contributed by atoms with E-state index in [-0.39, 0.29) is 52.5 Å². The average Bonchev–Trinajstić information content (AvgIpc) is 3.83. The number of hydrogen-bond donors (Lipinski definition) is 3. The summed E-state index contributed by atoms with van der Waals surface area (Å²) in [4.78, 5) is 84.8. The zero-order chi connectivity index (χ0) is 34.5. The molecule has 1 aromatic heterocycles. The summed E-state index contributed by atoms with van der Waals surface area (Å²) < 4.78 is 14.8. The fourth-order valence-corrected chi connectivity index (χ4v) is 7.54.